The molecule has 70 valence electrons. The van der Waals surface area contributed by atoms with Gasteiger partial charge in [0, 0.05) is 12.0 Å². The van der Waals surface area contributed by atoms with Gasteiger partial charge in [0.25, 0.3) is 0 Å². The van der Waals surface area contributed by atoms with Gasteiger partial charge in [0.15, 0.2) is 0 Å². The summed E-state index contributed by atoms with van der Waals surface area (Å²) >= 11 is 0. The molecule has 0 amide bonds. The van der Waals surface area contributed by atoms with E-state index in [0.29, 0.717) is 12.0 Å². The quantitative estimate of drug-likeness (QED) is 0.747. The number of nitrogens with two attached hydrogens (primary N) is 1. The average Bonchev–Trinajstić information content (AvgIpc) is 2.82. The maximum atomic E-state index is 5.82. The van der Waals surface area contributed by atoms with Crippen LogP contribution >= 0.6 is 0 Å². The van der Waals surface area contributed by atoms with Crippen LogP contribution in [0.3, 0.4) is 0 Å². The van der Waals surface area contributed by atoms with E-state index < -0.39 is 0 Å². The Bertz CT molecular complexity index is 322. The number of ether oxygens (including phenoxy) is 1. The molecule has 1 aromatic rings. The molecule has 0 bridgehead atoms. The highest BCUT2D eigenvalue weighted by Gasteiger charge is 2.36. The fourth-order valence-corrected chi connectivity index (χ4v) is 1.82. The van der Waals surface area contributed by atoms with Gasteiger partial charge < -0.3 is 10.5 Å². The minimum Gasteiger partial charge on any atom is -0.496 e. The van der Waals surface area contributed by atoms with E-state index in [1.165, 1.54) is 11.1 Å². The van der Waals surface area contributed by atoms with Gasteiger partial charge in [-0.05, 0) is 24.5 Å². The van der Waals surface area contributed by atoms with Crippen molar-refractivity contribution >= 4 is 0 Å². The maximum Gasteiger partial charge on any atom is 0.125 e. The lowest BCUT2D eigenvalue weighted by Crippen LogP contribution is -2.02. The van der Waals surface area contributed by atoms with Gasteiger partial charge in [-0.2, -0.15) is 0 Å². The molecule has 1 aliphatic rings. The van der Waals surface area contributed by atoms with E-state index in [0.717, 1.165) is 12.2 Å². The van der Waals surface area contributed by atoms with E-state index >= 15 is 0 Å². The second-order valence-corrected chi connectivity index (χ2v) is 3.70. The molecular formula is C11H15NO. The monoisotopic (exact) mass is 177 g/mol. The number of aryl methyl sites for hydroxylation is 1. The molecule has 2 rings (SSSR count). The largest absolute Gasteiger partial charge is 0.496 e. The van der Waals surface area contributed by atoms with Gasteiger partial charge in [-0.25, -0.2) is 0 Å². The number of methoxy groups -OCH3 is 1. The number of hydrogen-bond donors (Lipinski definition) is 1. The van der Waals surface area contributed by atoms with Crippen molar-refractivity contribution in [1.82, 2.24) is 0 Å². The molecule has 2 N–H and O–H groups in total. The highest BCUT2D eigenvalue weighted by atomic mass is 16.5. The second-order valence-electron chi connectivity index (χ2n) is 3.70. The first-order valence-corrected chi connectivity index (χ1v) is 4.63. The molecule has 0 aromatic heterocycles. The fourth-order valence-electron chi connectivity index (χ4n) is 1.82. The first-order chi connectivity index (χ1) is 6.24. The van der Waals surface area contributed by atoms with E-state index in [1.54, 1.807) is 7.11 Å². The SMILES string of the molecule is COc1c(C)cccc1C1CC1N. The van der Waals surface area contributed by atoms with Crippen LogP contribution in [0.2, 0.25) is 0 Å². The maximum absolute atomic E-state index is 5.82. The molecule has 1 fully saturated rings. The van der Waals surface area contributed by atoms with Crippen molar-refractivity contribution in [2.24, 2.45) is 5.73 Å². The van der Waals surface area contributed by atoms with Crippen molar-refractivity contribution in [3.8, 4) is 5.75 Å². The normalized spacial score (nSPS) is 25.8. The fraction of sp³-hybridized carbons (Fsp3) is 0.455. The van der Waals surface area contributed by atoms with Crippen LogP contribution < -0.4 is 10.5 Å². The molecule has 1 saturated carbocycles. The van der Waals surface area contributed by atoms with Crippen molar-refractivity contribution < 1.29 is 4.74 Å². The third kappa shape index (κ3) is 1.42. The Morgan fingerprint density at radius 3 is 2.69 bits per heavy atom. The minimum atomic E-state index is 0.343. The molecule has 0 heterocycles. The van der Waals surface area contributed by atoms with E-state index in [9.17, 15) is 0 Å². The topological polar surface area (TPSA) is 35.2 Å². The summed E-state index contributed by atoms with van der Waals surface area (Å²) in [6.07, 6.45) is 1.10. The van der Waals surface area contributed by atoms with Crippen LogP contribution in [0.15, 0.2) is 18.2 Å². The summed E-state index contributed by atoms with van der Waals surface area (Å²) < 4.78 is 5.37. The molecule has 2 atom stereocenters. The Balaban J connectivity index is 2.38. The van der Waals surface area contributed by atoms with Crippen LogP contribution in [0, 0.1) is 6.92 Å². The third-order valence-electron chi connectivity index (χ3n) is 2.69. The van der Waals surface area contributed by atoms with Crippen LogP contribution in [0.25, 0.3) is 0 Å². The van der Waals surface area contributed by atoms with Crippen LogP contribution in [0.1, 0.15) is 23.5 Å². The van der Waals surface area contributed by atoms with Crippen molar-refractivity contribution in [1.29, 1.82) is 0 Å². The zero-order valence-electron chi connectivity index (χ0n) is 8.08. The van der Waals surface area contributed by atoms with Crippen LogP contribution in [-0.2, 0) is 0 Å². The van der Waals surface area contributed by atoms with Gasteiger partial charge in [-0.3, -0.25) is 0 Å². The van der Waals surface area contributed by atoms with Crippen molar-refractivity contribution in [2.45, 2.75) is 25.3 Å². The molecule has 0 radical (unpaired) electrons. The molecule has 2 heteroatoms. The van der Waals surface area contributed by atoms with Crippen molar-refractivity contribution in [2.75, 3.05) is 7.11 Å². The number of hydrogen-bond acceptors (Lipinski definition) is 2. The van der Waals surface area contributed by atoms with E-state index in [1.807, 2.05) is 0 Å². The molecule has 1 aromatic carbocycles. The zero-order valence-corrected chi connectivity index (χ0v) is 8.08. The van der Waals surface area contributed by atoms with E-state index in [2.05, 4.69) is 25.1 Å². The summed E-state index contributed by atoms with van der Waals surface area (Å²) in [5, 5.41) is 0. The molecule has 1 aliphatic carbocycles. The molecule has 2 nitrogen and oxygen atoms in total. The van der Waals surface area contributed by atoms with Crippen LogP contribution in [-0.4, -0.2) is 13.2 Å². The summed E-state index contributed by atoms with van der Waals surface area (Å²) in [4.78, 5) is 0. The van der Waals surface area contributed by atoms with Crippen LogP contribution in [0.5, 0.6) is 5.75 Å². The molecule has 0 spiro atoms. The molecule has 13 heavy (non-hydrogen) atoms. The van der Waals surface area contributed by atoms with Gasteiger partial charge in [0.2, 0.25) is 0 Å². The van der Waals surface area contributed by atoms with Gasteiger partial charge in [0.05, 0.1) is 7.11 Å². The molecule has 0 saturated heterocycles. The van der Waals surface area contributed by atoms with E-state index in [4.69, 9.17) is 10.5 Å². The van der Waals surface area contributed by atoms with Gasteiger partial charge >= 0.3 is 0 Å². The predicted molar refractivity (Wildman–Crippen MR) is 53.1 cm³/mol. The van der Waals surface area contributed by atoms with Gasteiger partial charge in [-0.1, -0.05) is 18.2 Å². The summed E-state index contributed by atoms with van der Waals surface area (Å²) in [6.45, 7) is 2.07. The number of rotatable bonds is 2. The Labute approximate surface area is 78.7 Å². The lowest BCUT2D eigenvalue weighted by molar-refractivity contribution is 0.406. The smallest absolute Gasteiger partial charge is 0.125 e. The first-order valence-electron chi connectivity index (χ1n) is 4.63. The Morgan fingerprint density at radius 2 is 2.15 bits per heavy atom. The minimum absolute atomic E-state index is 0.343. The van der Waals surface area contributed by atoms with Crippen molar-refractivity contribution in [3.63, 3.8) is 0 Å². The summed E-state index contributed by atoms with van der Waals surface area (Å²) in [5.74, 6) is 1.54. The summed E-state index contributed by atoms with van der Waals surface area (Å²) in [6, 6.07) is 6.59. The first kappa shape index (κ1) is 8.57. The standard InChI is InChI=1S/C11H15NO/c1-7-4-3-5-8(11(7)13-2)9-6-10(9)12/h3-5,9-10H,6,12H2,1-2H3. The highest BCUT2D eigenvalue weighted by Crippen LogP contribution is 2.44. The van der Waals surface area contributed by atoms with E-state index in [-0.39, 0.29) is 0 Å². The van der Waals surface area contributed by atoms with Crippen molar-refractivity contribution in [3.05, 3.63) is 29.3 Å². The number of benzene rings is 1. The predicted octanol–water partition coefficient (Wildman–Crippen LogP) is 1.82. The Hall–Kier alpha value is -1.02. The third-order valence-corrected chi connectivity index (χ3v) is 2.69. The Morgan fingerprint density at radius 1 is 1.46 bits per heavy atom. The summed E-state index contributed by atoms with van der Waals surface area (Å²) in [5.41, 5.74) is 8.28. The van der Waals surface area contributed by atoms with Gasteiger partial charge in [-0.15, -0.1) is 0 Å². The second kappa shape index (κ2) is 3.04. The molecule has 2 unspecified atom stereocenters. The molecular weight excluding hydrogens is 162 g/mol. The molecule has 0 aliphatic heterocycles. The Kier molecular flexibility index (Phi) is 2.00. The zero-order chi connectivity index (χ0) is 9.42. The number of para-hydroxylation sites is 1. The lowest BCUT2D eigenvalue weighted by Gasteiger charge is -2.10. The summed E-state index contributed by atoms with van der Waals surface area (Å²) in [7, 11) is 1.72. The highest BCUT2D eigenvalue weighted by molar-refractivity contribution is 5.45. The lowest BCUT2D eigenvalue weighted by atomic mass is 10.1. The average molecular weight is 177 g/mol. The van der Waals surface area contributed by atoms with Crippen LogP contribution in [0.4, 0.5) is 0 Å². The van der Waals surface area contributed by atoms with Gasteiger partial charge in [0.1, 0.15) is 5.75 Å².